The molecule has 0 spiro atoms. The molecular weight excluding hydrogens is 266 g/mol. The van der Waals surface area contributed by atoms with E-state index in [1.807, 2.05) is 12.1 Å². The minimum Gasteiger partial charge on any atom is -0.356 e. The Morgan fingerprint density at radius 3 is 2.76 bits per heavy atom. The maximum Gasteiger partial charge on any atom is 0.221 e. The van der Waals surface area contributed by atoms with Gasteiger partial charge < -0.3 is 10.2 Å². The predicted octanol–water partition coefficient (Wildman–Crippen LogP) is 2.13. The molecule has 5 nitrogen and oxygen atoms in total. The molecule has 5 heteroatoms. The summed E-state index contributed by atoms with van der Waals surface area (Å²) in [5.41, 5.74) is 0.969. The van der Waals surface area contributed by atoms with Crippen LogP contribution in [0.3, 0.4) is 0 Å². The molecule has 2 amide bonds. The third kappa shape index (κ3) is 7.44. The summed E-state index contributed by atoms with van der Waals surface area (Å²) in [6, 6.07) is 3.77. The van der Waals surface area contributed by atoms with Crippen molar-refractivity contribution in [3.63, 3.8) is 0 Å². The Bertz CT molecular complexity index is 434. The molecule has 0 atom stereocenters. The van der Waals surface area contributed by atoms with Crippen molar-refractivity contribution >= 4 is 11.8 Å². The summed E-state index contributed by atoms with van der Waals surface area (Å²) in [4.78, 5) is 29.1. The zero-order valence-electron chi connectivity index (χ0n) is 13.0. The summed E-state index contributed by atoms with van der Waals surface area (Å²) in [7, 11) is 0. The largest absolute Gasteiger partial charge is 0.356 e. The highest BCUT2D eigenvalue weighted by Crippen LogP contribution is 2.04. The first-order chi connectivity index (χ1) is 10.1. The summed E-state index contributed by atoms with van der Waals surface area (Å²) < 4.78 is 0. The Labute approximate surface area is 126 Å². The lowest BCUT2D eigenvalue weighted by atomic mass is 10.2. The number of nitrogens with one attached hydrogen (secondary N) is 1. The van der Waals surface area contributed by atoms with Crippen molar-refractivity contribution in [2.24, 2.45) is 0 Å². The molecule has 1 N–H and O–H groups in total. The monoisotopic (exact) mass is 291 g/mol. The molecule has 0 radical (unpaired) electrons. The molecule has 21 heavy (non-hydrogen) atoms. The second-order valence-corrected chi connectivity index (χ2v) is 5.11. The lowest BCUT2D eigenvalue weighted by Gasteiger charge is -2.20. The first-order valence-electron chi connectivity index (χ1n) is 7.54. The van der Waals surface area contributed by atoms with Crippen LogP contribution in [0.25, 0.3) is 0 Å². The number of rotatable bonds is 9. The number of hydrogen-bond donors (Lipinski definition) is 1. The maximum absolute atomic E-state index is 11.7. The van der Waals surface area contributed by atoms with E-state index in [1.165, 1.54) is 6.92 Å². The van der Waals surface area contributed by atoms with E-state index in [1.54, 1.807) is 17.3 Å². The minimum atomic E-state index is -0.0300. The van der Waals surface area contributed by atoms with Gasteiger partial charge in [0, 0.05) is 45.4 Å². The fourth-order valence-electron chi connectivity index (χ4n) is 1.99. The smallest absolute Gasteiger partial charge is 0.221 e. The van der Waals surface area contributed by atoms with Crippen LogP contribution in [0.1, 0.15) is 45.1 Å². The molecule has 0 aromatic carbocycles. The van der Waals surface area contributed by atoms with E-state index in [0.29, 0.717) is 19.5 Å². The number of pyridine rings is 1. The molecule has 0 aliphatic heterocycles. The molecule has 116 valence electrons. The second-order valence-electron chi connectivity index (χ2n) is 5.11. The van der Waals surface area contributed by atoms with Crippen LogP contribution < -0.4 is 5.32 Å². The van der Waals surface area contributed by atoms with Crippen LogP contribution in [0.5, 0.6) is 0 Å². The van der Waals surface area contributed by atoms with E-state index in [4.69, 9.17) is 0 Å². The molecule has 0 aliphatic carbocycles. The van der Waals surface area contributed by atoms with Crippen LogP contribution in [0.2, 0.25) is 0 Å². The summed E-state index contributed by atoms with van der Waals surface area (Å²) in [6.07, 6.45) is 7.05. The number of carbonyl (C=O) groups excluding carboxylic acids is 2. The molecular formula is C16H25N3O2. The van der Waals surface area contributed by atoms with Gasteiger partial charge in [0.2, 0.25) is 11.8 Å². The van der Waals surface area contributed by atoms with Gasteiger partial charge in [-0.2, -0.15) is 0 Å². The lowest BCUT2D eigenvalue weighted by Crippen LogP contribution is -2.33. The van der Waals surface area contributed by atoms with Gasteiger partial charge in [-0.3, -0.25) is 14.6 Å². The predicted molar refractivity (Wildman–Crippen MR) is 82.5 cm³/mol. The van der Waals surface area contributed by atoms with Gasteiger partial charge in [0.25, 0.3) is 0 Å². The third-order valence-electron chi connectivity index (χ3n) is 3.25. The van der Waals surface area contributed by atoms with Crippen LogP contribution in [0, 0.1) is 0 Å². The maximum atomic E-state index is 11.7. The first-order valence-corrected chi connectivity index (χ1v) is 7.54. The lowest BCUT2D eigenvalue weighted by molar-refractivity contribution is -0.130. The number of amides is 2. The number of aromatic nitrogens is 1. The fourth-order valence-corrected chi connectivity index (χ4v) is 1.99. The van der Waals surface area contributed by atoms with Gasteiger partial charge in [-0.15, -0.1) is 0 Å². The van der Waals surface area contributed by atoms with Crippen molar-refractivity contribution in [3.05, 3.63) is 30.1 Å². The van der Waals surface area contributed by atoms with Gasteiger partial charge in [-0.25, -0.2) is 0 Å². The molecule has 0 fully saturated rings. The molecule has 1 aromatic heterocycles. The zero-order chi connectivity index (χ0) is 15.5. The molecule has 0 bridgehead atoms. The number of carbonyl (C=O) groups is 2. The van der Waals surface area contributed by atoms with Crippen molar-refractivity contribution in [1.82, 2.24) is 15.2 Å². The van der Waals surface area contributed by atoms with Crippen molar-refractivity contribution < 1.29 is 9.59 Å². The van der Waals surface area contributed by atoms with Crippen LogP contribution in [0.15, 0.2) is 24.5 Å². The van der Waals surface area contributed by atoms with Gasteiger partial charge >= 0.3 is 0 Å². The van der Waals surface area contributed by atoms with E-state index in [-0.39, 0.29) is 11.8 Å². The molecule has 0 saturated carbocycles. The van der Waals surface area contributed by atoms with Crippen molar-refractivity contribution in [2.75, 3.05) is 13.1 Å². The Morgan fingerprint density at radius 2 is 2.14 bits per heavy atom. The SMILES string of the molecule is CCCCCNC(=O)CCN(Cc1cccnc1)C(C)=O. The summed E-state index contributed by atoms with van der Waals surface area (Å²) in [5, 5.41) is 2.89. The highest BCUT2D eigenvalue weighted by atomic mass is 16.2. The van der Waals surface area contributed by atoms with E-state index in [9.17, 15) is 9.59 Å². The highest BCUT2D eigenvalue weighted by Gasteiger charge is 2.11. The van der Waals surface area contributed by atoms with Crippen LogP contribution >= 0.6 is 0 Å². The average Bonchev–Trinajstić information content (AvgIpc) is 2.48. The van der Waals surface area contributed by atoms with Crippen molar-refractivity contribution in [1.29, 1.82) is 0 Å². The standard InChI is InChI=1S/C16H25N3O2/c1-3-4-5-10-18-16(21)8-11-19(14(2)20)13-15-7-6-9-17-12-15/h6-7,9,12H,3-5,8,10-11,13H2,1-2H3,(H,18,21). The van der Waals surface area contributed by atoms with E-state index in [2.05, 4.69) is 17.2 Å². The molecule has 1 rings (SSSR count). The van der Waals surface area contributed by atoms with E-state index < -0.39 is 0 Å². The zero-order valence-corrected chi connectivity index (χ0v) is 13.0. The van der Waals surface area contributed by atoms with Gasteiger partial charge in [0.1, 0.15) is 0 Å². The Balaban J connectivity index is 2.34. The van der Waals surface area contributed by atoms with Gasteiger partial charge in [-0.1, -0.05) is 25.8 Å². The summed E-state index contributed by atoms with van der Waals surface area (Å²) in [5.74, 6) is -0.0267. The average molecular weight is 291 g/mol. The number of unbranched alkanes of at least 4 members (excludes halogenated alkanes) is 2. The van der Waals surface area contributed by atoms with Crippen molar-refractivity contribution in [2.45, 2.75) is 46.1 Å². The molecule has 0 unspecified atom stereocenters. The van der Waals surface area contributed by atoms with Crippen LogP contribution in [-0.2, 0) is 16.1 Å². The van der Waals surface area contributed by atoms with E-state index in [0.717, 1.165) is 31.4 Å². The topological polar surface area (TPSA) is 62.3 Å². The van der Waals surface area contributed by atoms with Crippen LogP contribution in [-0.4, -0.2) is 34.8 Å². The summed E-state index contributed by atoms with van der Waals surface area (Å²) in [6.45, 7) is 5.30. The molecule has 1 heterocycles. The Hall–Kier alpha value is -1.91. The minimum absolute atomic E-state index is 0.00328. The molecule has 1 aromatic rings. The second kappa shape index (κ2) is 9.91. The Kier molecular flexibility index (Phi) is 8.09. The normalized spacial score (nSPS) is 10.2. The first kappa shape index (κ1) is 17.1. The van der Waals surface area contributed by atoms with Crippen molar-refractivity contribution in [3.8, 4) is 0 Å². The van der Waals surface area contributed by atoms with Gasteiger partial charge in [0.15, 0.2) is 0 Å². The quantitative estimate of drug-likeness (QED) is 0.709. The molecule has 0 aliphatic rings. The van der Waals surface area contributed by atoms with Gasteiger partial charge in [0.05, 0.1) is 0 Å². The highest BCUT2D eigenvalue weighted by molar-refractivity contribution is 5.77. The number of hydrogen-bond acceptors (Lipinski definition) is 3. The Morgan fingerprint density at radius 1 is 1.33 bits per heavy atom. The van der Waals surface area contributed by atoms with Crippen LogP contribution in [0.4, 0.5) is 0 Å². The fraction of sp³-hybridized carbons (Fsp3) is 0.562. The summed E-state index contributed by atoms with van der Waals surface area (Å²) >= 11 is 0. The molecule has 0 saturated heterocycles. The third-order valence-corrected chi connectivity index (χ3v) is 3.25. The number of nitrogens with zero attached hydrogens (tertiary/aromatic N) is 2. The van der Waals surface area contributed by atoms with E-state index >= 15 is 0 Å². The van der Waals surface area contributed by atoms with Gasteiger partial charge in [-0.05, 0) is 18.1 Å².